The molecule has 150 valence electrons. The average molecular weight is 397 g/mol. The number of rotatable bonds is 2. The van der Waals surface area contributed by atoms with E-state index in [9.17, 15) is 18.4 Å². The van der Waals surface area contributed by atoms with Gasteiger partial charge in [0.25, 0.3) is 5.56 Å². The molecule has 2 heterocycles. The molecule has 1 saturated heterocycles. The highest BCUT2D eigenvalue weighted by atomic mass is 19.2. The van der Waals surface area contributed by atoms with Crippen molar-refractivity contribution in [2.24, 2.45) is 7.05 Å². The van der Waals surface area contributed by atoms with Crippen LogP contribution in [-0.4, -0.2) is 28.6 Å². The molecule has 0 bridgehead atoms. The summed E-state index contributed by atoms with van der Waals surface area (Å²) in [6.07, 6.45) is 1.59. The van der Waals surface area contributed by atoms with Gasteiger partial charge in [-0.2, -0.15) is 0 Å². The highest BCUT2D eigenvalue weighted by Gasteiger charge is 2.25. The Bertz CT molecular complexity index is 1140. The molecule has 1 aromatic heterocycles. The second kappa shape index (κ2) is 7.66. The number of likely N-dealkylation sites (tertiary alicyclic amines) is 1. The van der Waals surface area contributed by atoms with Crippen molar-refractivity contribution in [2.45, 2.75) is 18.8 Å². The molecule has 2 aromatic carbocycles. The number of nitrogens with zero attached hydrogens (tertiary/aromatic N) is 2. The molecule has 3 aromatic rings. The fourth-order valence-electron chi connectivity index (χ4n) is 3.85. The second-order valence-electron chi connectivity index (χ2n) is 7.39. The smallest absolute Gasteiger partial charge is 0.321 e. The van der Waals surface area contributed by atoms with Crippen molar-refractivity contribution in [3.8, 4) is 0 Å². The van der Waals surface area contributed by atoms with Gasteiger partial charge in [0.15, 0.2) is 11.6 Å². The minimum absolute atomic E-state index is 0.0398. The van der Waals surface area contributed by atoms with Gasteiger partial charge in [0.2, 0.25) is 0 Å². The Hall–Kier alpha value is -3.22. The average Bonchev–Trinajstić information content (AvgIpc) is 2.73. The molecule has 7 heteroatoms. The van der Waals surface area contributed by atoms with Crippen molar-refractivity contribution in [1.29, 1.82) is 0 Å². The first kappa shape index (κ1) is 19.1. The summed E-state index contributed by atoms with van der Waals surface area (Å²) in [4.78, 5) is 26.3. The zero-order valence-corrected chi connectivity index (χ0v) is 16.0. The quantitative estimate of drug-likeness (QED) is 0.704. The number of pyridine rings is 1. The predicted molar refractivity (Wildman–Crippen MR) is 108 cm³/mol. The van der Waals surface area contributed by atoms with Gasteiger partial charge < -0.3 is 14.8 Å². The van der Waals surface area contributed by atoms with Crippen LogP contribution < -0.4 is 10.9 Å². The van der Waals surface area contributed by atoms with Gasteiger partial charge in [-0.05, 0) is 54.1 Å². The maximum Gasteiger partial charge on any atom is 0.321 e. The highest BCUT2D eigenvalue weighted by molar-refractivity contribution is 5.92. The maximum absolute atomic E-state index is 13.6. The number of carbonyl (C=O) groups is 1. The molecule has 1 atom stereocenters. The molecule has 1 aliphatic rings. The predicted octanol–water partition coefficient (Wildman–Crippen LogP) is 4.23. The van der Waals surface area contributed by atoms with E-state index in [1.807, 2.05) is 6.07 Å². The van der Waals surface area contributed by atoms with E-state index in [1.54, 1.807) is 36.2 Å². The van der Waals surface area contributed by atoms with Gasteiger partial charge in [0.1, 0.15) is 0 Å². The number of urea groups is 1. The van der Waals surface area contributed by atoms with Crippen LogP contribution in [0.2, 0.25) is 0 Å². The first-order valence-corrected chi connectivity index (χ1v) is 9.53. The van der Waals surface area contributed by atoms with Crippen molar-refractivity contribution in [2.75, 3.05) is 18.4 Å². The lowest BCUT2D eigenvalue weighted by Crippen LogP contribution is -2.41. The number of halogens is 2. The number of anilines is 1. The topological polar surface area (TPSA) is 54.3 Å². The Morgan fingerprint density at radius 1 is 1.07 bits per heavy atom. The molecule has 0 radical (unpaired) electrons. The molecule has 29 heavy (non-hydrogen) atoms. The van der Waals surface area contributed by atoms with Crippen LogP contribution in [0.4, 0.5) is 19.3 Å². The first-order chi connectivity index (χ1) is 13.9. The Labute approximate surface area is 166 Å². The van der Waals surface area contributed by atoms with E-state index < -0.39 is 11.6 Å². The van der Waals surface area contributed by atoms with Crippen molar-refractivity contribution >= 4 is 22.6 Å². The molecule has 0 aliphatic carbocycles. The zero-order valence-electron chi connectivity index (χ0n) is 16.0. The molecule has 0 saturated carbocycles. The fraction of sp³-hybridized carbons (Fsp3) is 0.273. The number of benzene rings is 2. The third-order valence-corrected chi connectivity index (χ3v) is 5.50. The van der Waals surface area contributed by atoms with Gasteiger partial charge in [-0.25, -0.2) is 13.6 Å². The number of nitrogens with one attached hydrogen (secondary N) is 1. The Morgan fingerprint density at radius 3 is 2.66 bits per heavy atom. The van der Waals surface area contributed by atoms with Gasteiger partial charge in [-0.3, -0.25) is 4.79 Å². The van der Waals surface area contributed by atoms with E-state index in [0.717, 1.165) is 29.8 Å². The number of piperidine rings is 1. The lowest BCUT2D eigenvalue weighted by atomic mass is 9.90. The van der Waals surface area contributed by atoms with Crippen LogP contribution in [0.25, 0.3) is 10.9 Å². The largest absolute Gasteiger partial charge is 0.324 e. The van der Waals surface area contributed by atoms with Gasteiger partial charge in [0.05, 0.1) is 5.52 Å². The van der Waals surface area contributed by atoms with Gasteiger partial charge in [-0.15, -0.1) is 0 Å². The number of amides is 2. The molecule has 4 rings (SSSR count). The fourth-order valence-corrected chi connectivity index (χ4v) is 3.85. The molecule has 1 fully saturated rings. The SMILES string of the molecule is Cn1c(=O)ccc2ccc(NC(=O)N3CCC[C@H](c4ccc(F)c(F)c4)C3)cc21. The van der Waals surface area contributed by atoms with Gasteiger partial charge >= 0.3 is 6.03 Å². The van der Waals surface area contributed by atoms with Gasteiger partial charge in [0, 0.05) is 37.8 Å². The van der Waals surface area contributed by atoms with Crippen LogP contribution in [0.1, 0.15) is 24.3 Å². The summed E-state index contributed by atoms with van der Waals surface area (Å²) < 4.78 is 28.3. The molecule has 2 amide bonds. The number of hydrogen-bond donors (Lipinski definition) is 1. The zero-order chi connectivity index (χ0) is 20.5. The number of aryl methyl sites for hydroxylation is 1. The lowest BCUT2D eigenvalue weighted by Gasteiger charge is -2.33. The minimum Gasteiger partial charge on any atom is -0.324 e. The van der Waals surface area contributed by atoms with E-state index >= 15 is 0 Å². The summed E-state index contributed by atoms with van der Waals surface area (Å²) in [6, 6.07) is 12.3. The van der Waals surface area contributed by atoms with E-state index in [2.05, 4.69) is 5.32 Å². The molecular formula is C22H21F2N3O2. The summed E-state index contributed by atoms with van der Waals surface area (Å²) in [5, 5.41) is 3.78. The van der Waals surface area contributed by atoms with Crippen molar-refractivity contribution in [1.82, 2.24) is 9.47 Å². The number of fused-ring (bicyclic) bond motifs is 1. The summed E-state index contributed by atoms with van der Waals surface area (Å²) in [5.74, 6) is -1.78. The van der Waals surface area contributed by atoms with Crippen LogP contribution in [0.3, 0.4) is 0 Å². The Balaban J connectivity index is 1.50. The third-order valence-electron chi connectivity index (χ3n) is 5.50. The van der Waals surface area contributed by atoms with Crippen molar-refractivity contribution in [3.63, 3.8) is 0 Å². The Kier molecular flexibility index (Phi) is 5.05. The monoisotopic (exact) mass is 397 g/mol. The molecule has 0 spiro atoms. The molecule has 1 aliphatic heterocycles. The van der Waals surface area contributed by atoms with E-state index in [1.165, 1.54) is 16.7 Å². The highest BCUT2D eigenvalue weighted by Crippen LogP contribution is 2.28. The summed E-state index contributed by atoms with van der Waals surface area (Å²) in [5.41, 5.74) is 1.90. The van der Waals surface area contributed by atoms with Crippen molar-refractivity contribution in [3.05, 3.63) is 76.1 Å². The third kappa shape index (κ3) is 3.85. The van der Waals surface area contributed by atoms with Crippen LogP contribution >= 0.6 is 0 Å². The molecule has 0 unspecified atom stereocenters. The lowest BCUT2D eigenvalue weighted by molar-refractivity contribution is 0.192. The van der Waals surface area contributed by atoms with Crippen LogP contribution in [0, 0.1) is 11.6 Å². The summed E-state index contributed by atoms with van der Waals surface area (Å²) in [6.45, 7) is 1.03. The standard InChI is InChI=1S/C22H21F2N3O2/c1-26-20-12-17(7-4-14(20)6-9-21(26)28)25-22(29)27-10-2-3-16(13-27)15-5-8-18(23)19(24)11-15/h4-9,11-12,16H,2-3,10,13H2,1H3,(H,25,29)/t16-/m0/s1. The summed E-state index contributed by atoms with van der Waals surface area (Å²) >= 11 is 0. The van der Waals surface area contributed by atoms with Crippen LogP contribution in [0.15, 0.2) is 53.3 Å². The number of hydrogen-bond acceptors (Lipinski definition) is 2. The number of aromatic nitrogens is 1. The number of carbonyl (C=O) groups excluding carboxylic acids is 1. The van der Waals surface area contributed by atoms with Crippen LogP contribution in [0.5, 0.6) is 0 Å². The van der Waals surface area contributed by atoms with E-state index in [-0.39, 0.29) is 17.5 Å². The van der Waals surface area contributed by atoms with Crippen LogP contribution in [-0.2, 0) is 7.05 Å². The van der Waals surface area contributed by atoms with E-state index in [4.69, 9.17) is 0 Å². The van der Waals surface area contributed by atoms with Gasteiger partial charge in [-0.1, -0.05) is 12.1 Å². The molecule has 1 N–H and O–H groups in total. The maximum atomic E-state index is 13.6. The van der Waals surface area contributed by atoms with Crippen molar-refractivity contribution < 1.29 is 13.6 Å². The normalized spacial score (nSPS) is 16.8. The molecule has 5 nitrogen and oxygen atoms in total. The molecular weight excluding hydrogens is 376 g/mol. The first-order valence-electron chi connectivity index (χ1n) is 9.53. The van der Waals surface area contributed by atoms with E-state index in [0.29, 0.717) is 24.3 Å². The Morgan fingerprint density at radius 2 is 1.86 bits per heavy atom. The summed E-state index contributed by atoms with van der Waals surface area (Å²) in [7, 11) is 1.69. The minimum atomic E-state index is -0.870. The second-order valence-corrected chi connectivity index (χ2v) is 7.39.